The third-order valence-corrected chi connectivity index (χ3v) is 3.97. The largest absolute Gasteiger partial charge is 0.492 e. The summed E-state index contributed by atoms with van der Waals surface area (Å²) >= 11 is 0. The van der Waals surface area contributed by atoms with E-state index in [1.54, 1.807) is 0 Å². The van der Waals surface area contributed by atoms with Crippen molar-refractivity contribution in [3.05, 3.63) is 42.5 Å². The number of hydrogen-bond donors (Lipinski definition) is 2. The minimum Gasteiger partial charge on any atom is -0.492 e. The normalized spacial score (nSPS) is 14.1. The first-order valence-electron chi connectivity index (χ1n) is 8.86. The maximum absolute atomic E-state index is 12.5. The van der Waals surface area contributed by atoms with Crippen LogP contribution < -0.4 is 24.8 Å². The monoisotopic (exact) mass is 356 g/mol. The first kappa shape index (κ1) is 17.9. The van der Waals surface area contributed by atoms with E-state index in [0.717, 1.165) is 17.9 Å². The number of carbonyl (C=O) groups excluding carboxylic acids is 1. The summed E-state index contributed by atoms with van der Waals surface area (Å²) in [5.41, 5.74) is 1.46. The predicted octanol–water partition coefficient (Wildman–Crippen LogP) is 3.69. The van der Waals surface area contributed by atoms with Crippen LogP contribution in [0.25, 0.3) is 0 Å². The number of hydrogen-bond acceptors (Lipinski definition) is 5. The highest BCUT2D eigenvalue weighted by Crippen LogP contribution is 2.32. The molecule has 1 heterocycles. The van der Waals surface area contributed by atoms with Gasteiger partial charge in [-0.2, -0.15) is 0 Å². The molecule has 1 aliphatic heterocycles. The average molecular weight is 356 g/mol. The van der Waals surface area contributed by atoms with E-state index in [1.165, 1.54) is 0 Å². The highest BCUT2D eigenvalue weighted by molar-refractivity contribution is 5.97. The van der Waals surface area contributed by atoms with Gasteiger partial charge in [-0.1, -0.05) is 12.1 Å². The number of amides is 1. The molecule has 0 spiro atoms. The van der Waals surface area contributed by atoms with Crippen LogP contribution in [0.2, 0.25) is 0 Å². The number of nitrogens with one attached hydrogen (secondary N) is 2. The van der Waals surface area contributed by atoms with Gasteiger partial charge in [0.15, 0.2) is 11.5 Å². The number of ether oxygens (including phenoxy) is 3. The van der Waals surface area contributed by atoms with Crippen molar-refractivity contribution in [3.63, 3.8) is 0 Å². The van der Waals surface area contributed by atoms with Crippen LogP contribution in [-0.2, 0) is 4.79 Å². The van der Waals surface area contributed by atoms with Gasteiger partial charge in [-0.15, -0.1) is 0 Å². The SMILES string of the molecule is CCOc1ccccc1NC(=O)C(C)Nc1ccc2c(c1)OCCCO2. The maximum atomic E-state index is 12.5. The zero-order chi connectivity index (χ0) is 18.4. The molecule has 0 radical (unpaired) electrons. The fourth-order valence-electron chi connectivity index (χ4n) is 2.66. The number of carbonyl (C=O) groups is 1. The molecule has 1 aliphatic rings. The standard InChI is InChI=1S/C20H24N2O4/c1-3-24-17-8-5-4-7-16(17)22-20(23)14(2)21-15-9-10-18-19(13-15)26-12-6-11-25-18/h4-5,7-10,13-14,21H,3,6,11-12H2,1-2H3,(H,22,23). The van der Waals surface area contributed by atoms with Crippen LogP contribution in [0.4, 0.5) is 11.4 Å². The summed E-state index contributed by atoms with van der Waals surface area (Å²) in [7, 11) is 0. The summed E-state index contributed by atoms with van der Waals surface area (Å²) in [6.45, 7) is 5.53. The molecule has 0 saturated carbocycles. The van der Waals surface area contributed by atoms with Crippen LogP contribution in [0.15, 0.2) is 42.5 Å². The minimum atomic E-state index is -0.436. The fraction of sp³-hybridized carbons (Fsp3) is 0.350. The van der Waals surface area contributed by atoms with E-state index in [1.807, 2.05) is 56.3 Å². The first-order valence-corrected chi connectivity index (χ1v) is 8.86. The van der Waals surface area contributed by atoms with Crippen molar-refractivity contribution in [3.8, 4) is 17.2 Å². The molecule has 0 aromatic heterocycles. The molecular formula is C20H24N2O4. The van der Waals surface area contributed by atoms with E-state index in [-0.39, 0.29) is 5.91 Å². The molecule has 1 amide bonds. The van der Waals surface area contributed by atoms with Crippen LogP contribution in [-0.4, -0.2) is 31.8 Å². The molecule has 3 rings (SSSR count). The van der Waals surface area contributed by atoms with Crippen LogP contribution >= 0.6 is 0 Å². The lowest BCUT2D eigenvalue weighted by Gasteiger charge is -2.18. The van der Waals surface area contributed by atoms with Crippen molar-refractivity contribution < 1.29 is 19.0 Å². The summed E-state index contributed by atoms with van der Waals surface area (Å²) in [6, 6.07) is 12.6. The van der Waals surface area contributed by atoms with Crippen molar-refractivity contribution in [2.24, 2.45) is 0 Å². The molecule has 0 saturated heterocycles. The highest BCUT2D eigenvalue weighted by Gasteiger charge is 2.16. The highest BCUT2D eigenvalue weighted by atomic mass is 16.5. The molecule has 2 N–H and O–H groups in total. The van der Waals surface area contributed by atoms with Crippen LogP contribution in [0.3, 0.4) is 0 Å². The third kappa shape index (κ3) is 4.39. The molecule has 1 atom stereocenters. The lowest BCUT2D eigenvalue weighted by atomic mass is 10.2. The molecule has 6 heteroatoms. The van der Waals surface area contributed by atoms with Gasteiger partial charge < -0.3 is 24.8 Å². The Kier molecular flexibility index (Phi) is 5.84. The van der Waals surface area contributed by atoms with E-state index in [9.17, 15) is 4.79 Å². The summed E-state index contributed by atoms with van der Waals surface area (Å²) in [5, 5.41) is 6.10. The van der Waals surface area contributed by atoms with Crippen molar-refractivity contribution >= 4 is 17.3 Å². The molecule has 0 bridgehead atoms. The van der Waals surface area contributed by atoms with Gasteiger partial charge in [0.1, 0.15) is 11.8 Å². The van der Waals surface area contributed by atoms with Gasteiger partial charge >= 0.3 is 0 Å². The van der Waals surface area contributed by atoms with Gasteiger partial charge in [0.25, 0.3) is 0 Å². The smallest absolute Gasteiger partial charge is 0.246 e. The van der Waals surface area contributed by atoms with Crippen LogP contribution in [0.5, 0.6) is 17.2 Å². The topological polar surface area (TPSA) is 68.8 Å². The Balaban J connectivity index is 1.65. The van der Waals surface area contributed by atoms with Crippen LogP contribution in [0.1, 0.15) is 20.3 Å². The van der Waals surface area contributed by atoms with E-state index < -0.39 is 6.04 Å². The Morgan fingerprint density at radius 3 is 2.73 bits per heavy atom. The molecule has 6 nitrogen and oxygen atoms in total. The van der Waals surface area contributed by atoms with Gasteiger partial charge in [-0.3, -0.25) is 4.79 Å². The Morgan fingerprint density at radius 2 is 1.92 bits per heavy atom. The lowest BCUT2D eigenvalue weighted by molar-refractivity contribution is -0.116. The zero-order valence-corrected chi connectivity index (χ0v) is 15.1. The lowest BCUT2D eigenvalue weighted by Crippen LogP contribution is -2.32. The van der Waals surface area contributed by atoms with Gasteiger partial charge in [0, 0.05) is 18.2 Å². The van der Waals surface area contributed by atoms with Gasteiger partial charge in [-0.05, 0) is 38.1 Å². The quantitative estimate of drug-likeness (QED) is 0.826. The van der Waals surface area contributed by atoms with Crippen molar-refractivity contribution in [2.45, 2.75) is 26.3 Å². The average Bonchev–Trinajstić information content (AvgIpc) is 2.88. The minimum absolute atomic E-state index is 0.149. The van der Waals surface area contributed by atoms with Gasteiger partial charge in [0.2, 0.25) is 5.91 Å². The zero-order valence-electron chi connectivity index (χ0n) is 15.1. The second-order valence-electron chi connectivity index (χ2n) is 6.00. The van der Waals surface area contributed by atoms with Gasteiger partial charge in [0.05, 0.1) is 25.5 Å². The first-order chi connectivity index (χ1) is 12.7. The van der Waals surface area contributed by atoms with E-state index >= 15 is 0 Å². The Morgan fingerprint density at radius 1 is 1.15 bits per heavy atom. The van der Waals surface area contributed by atoms with E-state index in [0.29, 0.717) is 37.0 Å². The molecule has 0 aliphatic carbocycles. The van der Waals surface area contributed by atoms with E-state index in [4.69, 9.17) is 14.2 Å². The summed E-state index contributed by atoms with van der Waals surface area (Å²) < 4.78 is 16.9. The Hall–Kier alpha value is -2.89. The van der Waals surface area contributed by atoms with Crippen molar-refractivity contribution in [1.29, 1.82) is 0 Å². The number of fused-ring (bicyclic) bond motifs is 1. The molecule has 0 fully saturated rings. The van der Waals surface area contributed by atoms with Crippen LogP contribution in [0, 0.1) is 0 Å². The number of para-hydroxylation sites is 2. The van der Waals surface area contributed by atoms with Gasteiger partial charge in [-0.25, -0.2) is 0 Å². The maximum Gasteiger partial charge on any atom is 0.246 e. The molecule has 138 valence electrons. The Labute approximate surface area is 153 Å². The fourth-order valence-corrected chi connectivity index (χ4v) is 2.66. The molecule has 2 aromatic carbocycles. The molecule has 1 unspecified atom stereocenters. The van der Waals surface area contributed by atoms with Crippen molar-refractivity contribution in [2.75, 3.05) is 30.5 Å². The molecule has 2 aromatic rings. The predicted molar refractivity (Wildman–Crippen MR) is 101 cm³/mol. The molecule has 26 heavy (non-hydrogen) atoms. The summed E-state index contributed by atoms with van der Waals surface area (Å²) in [6.07, 6.45) is 0.857. The summed E-state index contributed by atoms with van der Waals surface area (Å²) in [4.78, 5) is 12.5. The Bertz CT molecular complexity index is 763. The number of benzene rings is 2. The number of rotatable bonds is 6. The second-order valence-corrected chi connectivity index (χ2v) is 6.00. The van der Waals surface area contributed by atoms with E-state index in [2.05, 4.69) is 10.6 Å². The summed E-state index contributed by atoms with van der Waals surface area (Å²) in [5.74, 6) is 1.94. The third-order valence-electron chi connectivity index (χ3n) is 3.97. The number of anilines is 2. The molecular weight excluding hydrogens is 332 g/mol. The van der Waals surface area contributed by atoms with Crippen molar-refractivity contribution in [1.82, 2.24) is 0 Å². The second kappa shape index (κ2) is 8.47.